The van der Waals surface area contributed by atoms with Crippen molar-refractivity contribution in [3.8, 4) is 0 Å². The van der Waals surface area contributed by atoms with Crippen molar-refractivity contribution in [1.29, 1.82) is 0 Å². The summed E-state index contributed by atoms with van der Waals surface area (Å²) in [4.78, 5) is 1.48. The fourth-order valence-corrected chi connectivity index (χ4v) is 2.27. The maximum Gasteiger partial charge on any atom is 0.114 e. The highest BCUT2D eigenvalue weighted by atomic mass is 16.3. The fraction of sp³-hybridized carbons (Fsp3) is 0.778. The van der Waals surface area contributed by atoms with Gasteiger partial charge in [0.15, 0.2) is 0 Å². The van der Waals surface area contributed by atoms with E-state index in [1.54, 1.807) is 13.2 Å². The smallest absolute Gasteiger partial charge is 0.114 e. The largest absolute Gasteiger partial charge is 0.383 e. The molecule has 1 aromatic heterocycles. The molecule has 1 aliphatic carbocycles. The maximum atomic E-state index is 10.1. The molecule has 0 aromatic carbocycles. The first kappa shape index (κ1) is 8.69. The van der Waals surface area contributed by atoms with Crippen LogP contribution >= 0.6 is 0 Å². The molecule has 0 atom stereocenters. The topological polar surface area (TPSA) is 50.9 Å². The van der Waals surface area contributed by atoms with Crippen LogP contribution in [0.1, 0.15) is 32.4 Å². The number of aliphatic hydroxyl groups is 1. The highest BCUT2D eigenvalue weighted by molar-refractivity contribution is 5.14. The molecule has 1 N–H and O–H groups in total. The normalized spacial score (nSPS) is 24.0. The van der Waals surface area contributed by atoms with Gasteiger partial charge in [-0.1, -0.05) is 13.8 Å². The maximum absolute atomic E-state index is 10.1. The molecule has 1 heterocycles. The highest BCUT2D eigenvalue weighted by Crippen LogP contribution is 2.52. The van der Waals surface area contributed by atoms with Crippen LogP contribution in [0.25, 0.3) is 0 Å². The van der Waals surface area contributed by atoms with E-state index in [0.717, 1.165) is 12.8 Å². The minimum Gasteiger partial charge on any atom is -0.383 e. The van der Waals surface area contributed by atoms with Crippen LogP contribution in [0.15, 0.2) is 6.20 Å². The quantitative estimate of drug-likeness (QED) is 0.698. The summed E-state index contributed by atoms with van der Waals surface area (Å²) in [6.45, 7) is 4.30. The third kappa shape index (κ3) is 1.35. The molecule has 4 nitrogen and oxygen atoms in total. The molecular weight excluding hydrogens is 166 g/mol. The molecule has 1 aromatic rings. The summed E-state index contributed by atoms with van der Waals surface area (Å²) in [6, 6.07) is 0. The summed E-state index contributed by atoms with van der Waals surface area (Å²) < 4.78 is 0. The summed E-state index contributed by atoms with van der Waals surface area (Å²) in [5, 5.41) is 18.2. The van der Waals surface area contributed by atoms with Crippen molar-refractivity contribution in [2.45, 2.75) is 32.3 Å². The Hall–Kier alpha value is -0.900. The van der Waals surface area contributed by atoms with E-state index in [0.29, 0.717) is 5.69 Å². The van der Waals surface area contributed by atoms with E-state index in [4.69, 9.17) is 0 Å². The van der Waals surface area contributed by atoms with Crippen molar-refractivity contribution < 1.29 is 5.11 Å². The molecule has 1 saturated carbocycles. The molecule has 0 saturated heterocycles. The molecule has 0 bridgehead atoms. The molecule has 4 heteroatoms. The Morgan fingerprint density at radius 1 is 1.46 bits per heavy atom. The van der Waals surface area contributed by atoms with Gasteiger partial charge in [0.05, 0.1) is 6.20 Å². The van der Waals surface area contributed by atoms with Gasteiger partial charge in [-0.3, -0.25) is 0 Å². The van der Waals surface area contributed by atoms with Gasteiger partial charge in [0.2, 0.25) is 0 Å². The van der Waals surface area contributed by atoms with Gasteiger partial charge in [-0.25, -0.2) is 0 Å². The van der Waals surface area contributed by atoms with Gasteiger partial charge in [-0.05, 0) is 18.3 Å². The number of hydrogen-bond donors (Lipinski definition) is 1. The van der Waals surface area contributed by atoms with Crippen LogP contribution in [0.5, 0.6) is 0 Å². The average Bonchev–Trinajstić information content (AvgIpc) is 2.31. The zero-order valence-corrected chi connectivity index (χ0v) is 8.28. The van der Waals surface area contributed by atoms with Gasteiger partial charge >= 0.3 is 0 Å². The van der Waals surface area contributed by atoms with Crippen LogP contribution in [0.4, 0.5) is 0 Å². The predicted octanol–water partition coefficient (Wildman–Crippen LogP) is 0.823. The summed E-state index contributed by atoms with van der Waals surface area (Å²) in [5.74, 6) is 0. The third-order valence-electron chi connectivity index (χ3n) is 2.62. The number of aryl methyl sites for hydroxylation is 1. The molecule has 72 valence electrons. The van der Waals surface area contributed by atoms with E-state index in [1.807, 2.05) is 0 Å². The van der Waals surface area contributed by atoms with E-state index in [1.165, 1.54) is 4.80 Å². The SMILES string of the molecule is Cn1ncc(C2(O)CC(C)(C)C2)n1. The Balaban J connectivity index is 2.20. The average molecular weight is 181 g/mol. The fourth-order valence-electron chi connectivity index (χ4n) is 2.27. The van der Waals surface area contributed by atoms with Crippen LogP contribution in [-0.2, 0) is 12.6 Å². The summed E-state index contributed by atoms with van der Waals surface area (Å²) in [5.41, 5.74) is 0.221. The van der Waals surface area contributed by atoms with Crippen LogP contribution in [0.3, 0.4) is 0 Å². The van der Waals surface area contributed by atoms with Crippen molar-refractivity contribution in [1.82, 2.24) is 15.0 Å². The van der Waals surface area contributed by atoms with Crippen molar-refractivity contribution in [2.24, 2.45) is 12.5 Å². The van der Waals surface area contributed by atoms with E-state index in [-0.39, 0.29) is 5.41 Å². The predicted molar refractivity (Wildman–Crippen MR) is 47.9 cm³/mol. The summed E-state index contributed by atoms with van der Waals surface area (Å²) in [6.07, 6.45) is 3.20. The van der Waals surface area contributed by atoms with Crippen molar-refractivity contribution >= 4 is 0 Å². The van der Waals surface area contributed by atoms with E-state index < -0.39 is 5.60 Å². The van der Waals surface area contributed by atoms with Crippen molar-refractivity contribution in [2.75, 3.05) is 0 Å². The molecule has 1 fully saturated rings. The van der Waals surface area contributed by atoms with Gasteiger partial charge in [-0.2, -0.15) is 15.0 Å². The minimum absolute atomic E-state index is 0.242. The molecule has 13 heavy (non-hydrogen) atoms. The Morgan fingerprint density at radius 3 is 2.46 bits per heavy atom. The lowest BCUT2D eigenvalue weighted by Crippen LogP contribution is -2.46. The summed E-state index contributed by atoms with van der Waals surface area (Å²) >= 11 is 0. The van der Waals surface area contributed by atoms with Crippen molar-refractivity contribution in [3.63, 3.8) is 0 Å². The summed E-state index contributed by atoms with van der Waals surface area (Å²) in [7, 11) is 1.76. The number of rotatable bonds is 1. The van der Waals surface area contributed by atoms with Crippen LogP contribution in [0.2, 0.25) is 0 Å². The first-order valence-corrected chi connectivity index (χ1v) is 4.51. The second kappa shape index (κ2) is 2.32. The monoisotopic (exact) mass is 181 g/mol. The lowest BCUT2D eigenvalue weighted by molar-refractivity contribution is -0.122. The molecule has 0 radical (unpaired) electrons. The lowest BCUT2D eigenvalue weighted by atomic mass is 9.60. The van der Waals surface area contributed by atoms with Gasteiger partial charge in [0.1, 0.15) is 11.3 Å². The molecule has 0 unspecified atom stereocenters. The van der Waals surface area contributed by atoms with E-state index >= 15 is 0 Å². The number of hydrogen-bond acceptors (Lipinski definition) is 3. The molecule has 0 spiro atoms. The van der Waals surface area contributed by atoms with Crippen LogP contribution in [-0.4, -0.2) is 20.1 Å². The van der Waals surface area contributed by atoms with Gasteiger partial charge in [0.25, 0.3) is 0 Å². The van der Waals surface area contributed by atoms with Crippen molar-refractivity contribution in [3.05, 3.63) is 11.9 Å². The van der Waals surface area contributed by atoms with Gasteiger partial charge < -0.3 is 5.11 Å². The Kier molecular flexibility index (Phi) is 1.55. The number of nitrogens with zero attached hydrogens (tertiary/aromatic N) is 3. The standard InChI is InChI=1S/C9H15N3O/c1-8(2)5-9(13,6-8)7-4-10-12(3)11-7/h4,13H,5-6H2,1-3H3. The molecule has 2 rings (SSSR count). The van der Waals surface area contributed by atoms with Gasteiger partial charge in [0, 0.05) is 7.05 Å². The first-order valence-electron chi connectivity index (χ1n) is 4.51. The van der Waals surface area contributed by atoms with Crippen LogP contribution < -0.4 is 0 Å². The third-order valence-corrected chi connectivity index (χ3v) is 2.62. The number of aromatic nitrogens is 3. The van der Waals surface area contributed by atoms with Crippen LogP contribution in [0, 0.1) is 5.41 Å². The Morgan fingerprint density at radius 2 is 2.08 bits per heavy atom. The zero-order valence-electron chi connectivity index (χ0n) is 8.28. The molecule has 0 amide bonds. The molecular formula is C9H15N3O. The first-order chi connectivity index (χ1) is 5.91. The van der Waals surface area contributed by atoms with E-state index in [2.05, 4.69) is 24.0 Å². The Labute approximate surface area is 77.6 Å². The zero-order chi connectivity index (χ0) is 9.69. The highest BCUT2D eigenvalue weighted by Gasteiger charge is 2.50. The molecule has 1 aliphatic rings. The van der Waals surface area contributed by atoms with E-state index in [9.17, 15) is 5.11 Å². The Bertz CT molecular complexity index is 321. The second-order valence-corrected chi connectivity index (χ2v) is 4.77. The second-order valence-electron chi connectivity index (χ2n) is 4.77. The minimum atomic E-state index is -0.724. The molecule has 0 aliphatic heterocycles. The lowest BCUT2D eigenvalue weighted by Gasteiger charge is -2.48. The van der Waals surface area contributed by atoms with Gasteiger partial charge in [-0.15, -0.1) is 0 Å².